The first-order chi connectivity index (χ1) is 6.69. The molecule has 0 unspecified atom stereocenters. The minimum Gasteiger partial charge on any atom is -0.465 e. The molecule has 0 amide bonds. The van der Waals surface area contributed by atoms with Gasteiger partial charge in [-0.05, 0) is 6.92 Å². The number of carbonyl (C=O) groups excluding carboxylic acids is 1. The van der Waals surface area contributed by atoms with Crippen molar-refractivity contribution in [3.8, 4) is 0 Å². The third kappa shape index (κ3) is 2.32. The lowest BCUT2D eigenvalue weighted by molar-refractivity contribution is 0.0593. The molecule has 0 aromatic carbocycles. The first-order valence-corrected chi connectivity index (χ1v) is 4.37. The number of ether oxygens (including phenoxy) is 2. The number of hydrogen-bond donors (Lipinski definition) is 0. The fraction of sp³-hybridized carbons (Fsp3) is 0.556. The van der Waals surface area contributed by atoms with Crippen LogP contribution in [0.15, 0.2) is 6.20 Å². The maximum atomic E-state index is 11.3. The Balaban J connectivity index is 2.85. The number of aromatic nitrogens is 2. The maximum absolute atomic E-state index is 11.3. The first-order valence-electron chi connectivity index (χ1n) is 4.37. The monoisotopic (exact) mass is 198 g/mol. The molecule has 0 N–H and O–H groups in total. The molecule has 0 aliphatic carbocycles. The summed E-state index contributed by atoms with van der Waals surface area (Å²) in [6.07, 6.45) is 1.63. The highest BCUT2D eigenvalue weighted by Crippen LogP contribution is 2.08. The summed E-state index contributed by atoms with van der Waals surface area (Å²) in [4.78, 5) is 11.3. The molecule has 14 heavy (non-hydrogen) atoms. The zero-order chi connectivity index (χ0) is 10.6. The van der Waals surface area contributed by atoms with E-state index in [0.717, 1.165) is 0 Å². The van der Waals surface area contributed by atoms with Gasteiger partial charge in [0.25, 0.3) is 0 Å². The molecular weight excluding hydrogens is 184 g/mol. The molecule has 0 aliphatic heterocycles. The van der Waals surface area contributed by atoms with Crippen LogP contribution in [0.1, 0.15) is 23.0 Å². The van der Waals surface area contributed by atoms with Gasteiger partial charge in [0.15, 0.2) is 0 Å². The fourth-order valence-electron chi connectivity index (χ4n) is 1.12. The Morgan fingerprint density at radius 2 is 2.36 bits per heavy atom. The van der Waals surface area contributed by atoms with E-state index in [-0.39, 0.29) is 5.97 Å². The Bertz CT molecular complexity index is 320. The fourth-order valence-corrected chi connectivity index (χ4v) is 1.12. The van der Waals surface area contributed by atoms with Gasteiger partial charge in [-0.15, -0.1) is 0 Å². The highest BCUT2D eigenvalue weighted by molar-refractivity contribution is 5.90. The third-order valence-corrected chi connectivity index (χ3v) is 1.75. The Kier molecular flexibility index (Phi) is 3.64. The summed E-state index contributed by atoms with van der Waals surface area (Å²) in [6, 6.07) is 0. The Morgan fingerprint density at radius 3 is 2.93 bits per heavy atom. The molecule has 0 radical (unpaired) electrons. The summed E-state index contributed by atoms with van der Waals surface area (Å²) >= 11 is 0. The van der Waals surface area contributed by atoms with Gasteiger partial charge in [0, 0.05) is 19.9 Å². The molecule has 0 spiro atoms. The Hall–Kier alpha value is -1.36. The largest absolute Gasteiger partial charge is 0.465 e. The number of aryl methyl sites for hydroxylation is 1. The van der Waals surface area contributed by atoms with Crippen LogP contribution in [0.2, 0.25) is 0 Å². The molecule has 1 rings (SSSR count). The van der Waals surface area contributed by atoms with Crippen molar-refractivity contribution in [2.24, 2.45) is 7.05 Å². The van der Waals surface area contributed by atoms with Crippen LogP contribution in [-0.2, 0) is 23.1 Å². The second-order valence-corrected chi connectivity index (χ2v) is 2.79. The van der Waals surface area contributed by atoms with E-state index >= 15 is 0 Å². The number of carbonyl (C=O) groups is 1. The number of rotatable bonds is 4. The van der Waals surface area contributed by atoms with Gasteiger partial charge in [0.1, 0.15) is 11.3 Å². The lowest BCUT2D eigenvalue weighted by Gasteiger charge is -1.99. The second kappa shape index (κ2) is 4.76. The van der Waals surface area contributed by atoms with Crippen LogP contribution in [-0.4, -0.2) is 29.5 Å². The van der Waals surface area contributed by atoms with Crippen LogP contribution in [0.25, 0.3) is 0 Å². The van der Waals surface area contributed by atoms with Gasteiger partial charge in [-0.2, -0.15) is 5.10 Å². The van der Waals surface area contributed by atoms with E-state index in [4.69, 9.17) is 4.74 Å². The zero-order valence-electron chi connectivity index (χ0n) is 8.61. The lowest BCUT2D eigenvalue weighted by Crippen LogP contribution is -2.05. The van der Waals surface area contributed by atoms with Crippen molar-refractivity contribution in [3.63, 3.8) is 0 Å². The molecular formula is C9H14N2O3. The van der Waals surface area contributed by atoms with Crippen molar-refractivity contribution in [1.29, 1.82) is 0 Å². The average molecular weight is 198 g/mol. The van der Waals surface area contributed by atoms with Gasteiger partial charge in [0.05, 0.1) is 13.7 Å². The molecule has 0 bridgehead atoms. The predicted molar refractivity (Wildman–Crippen MR) is 49.9 cm³/mol. The van der Waals surface area contributed by atoms with Gasteiger partial charge in [-0.1, -0.05) is 0 Å². The molecule has 1 aromatic rings. The summed E-state index contributed by atoms with van der Waals surface area (Å²) in [5, 5.41) is 4.11. The minimum atomic E-state index is -0.382. The molecule has 0 aliphatic rings. The summed E-state index contributed by atoms with van der Waals surface area (Å²) in [6.45, 7) is 2.82. The van der Waals surface area contributed by atoms with Crippen LogP contribution in [0, 0.1) is 0 Å². The molecule has 0 saturated heterocycles. The van der Waals surface area contributed by atoms with Crippen molar-refractivity contribution in [2.75, 3.05) is 13.7 Å². The predicted octanol–water partition coefficient (Wildman–Crippen LogP) is 0.743. The number of methoxy groups -OCH3 is 1. The minimum absolute atomic E-state index is 0.335. The van der Waals surface area contributed by atoms with Crippen LogP contribution in [0.5, 0.6) is 0 Å². The highest BCUT2D eigenvalue weighted by Gasteiger charge is 2.15. The van der Waals surface area contributed by atoms with E-state index in [1.165, 1.54) is 7.11 Å². The lowest BCUT2D eigenvalue weighted by atomic mass is 10.2. The summed E-state index contributed by atoms with van der Waals surface area (Å²) in [7, 11) is 3.10. The molecule has 0 atom stereocenters. The SMILES string of the molecule is CCOCc1nn(C)cc1C(=O)OC. The Morgan fingerprint density at radius 1 is 1.64 bits per heavy atom. The quantitative estimate of drug-likeness (QED) is 0.670. The topological polar surface area (TPSA) is 53.4 Å². The van der Waals surface area contributed by atoms with Gasteiger partial charge >= 0.3 is 5.97 Å². The summed E-state index contributed by atoms with van der Waals surface area (Å²) < 4.78 is 11.4. The normalized spacial score (nSPS) is 10.2. The van der Waals surface area contributed by atoms with Crippen LogP contribution in [0.3, 0.4) is 0 Å². The van der Waals surface area contributed by atoms with Crippen molar-refractivity contribution >= 4 is 5.97 Å². The van der Waals surface area contributed by atoms with E-state index < -0.39 is 0 Å². The molecule has 5 nitrogen and oxygen atoms in total. The summed E-state index contributed by atoms with van der Waals surface area (Å²) in [5.74, 6) is -0.382. The van der Waals surface area contributed by atoms with Crippen molar-refractivity contribution in [3.05, 3.63) is 17.5 Å². The standard InChI is InChI=1S/C9H14N2O3/c1-4-14-6-8-7(9(12)13-3)5-11(2)10-8/h5H,4,6H2,1-3H3. The van der Waals surface area contributed by atoms with E-state index in [0.29, 0.717) is 24.5 Å². The second-order valence-electron chi connectivity index (χ2n) is 2.79. The molecule has 78 valence electrons. The molecule has 0 fully saturated rings. The first kappa shape index (κ1) is 10.7. The van der Waals surface area contributed by atoms with Gasteiger partial charge in [-0.3, -0.25) is 4.68 Å². The highest BCUT2D eigenvalue weighted by atomic mass is 16.5. The van der Waals surface area contributed by atoms with Crippen molar-refractivity contribution < 1.29 is 14.3 Å². The molecule has 0 saturated carbocycles. The van der Waals surface area contributed by atoms with Crippen LogP contribution >= 0.6 is 0 Å². The smallest absolute Gasteiger partial charge is 0.341 e. The Labute approximate surface area is 82.6 Å². The molecule has 5 heteroatoms. The van der Waals surface area contributed by atoms with Gasteiger partial charge < -0.3 is 9.47 Å². The van der Waals surface area contributed by atoms with Gasteiger partial charge in [0.2, 0.25) is 0 Å². The third-order valence-electron chi connectivity index (χ3n) is 1.75. The van der Waals surface area contributed by atoms with Crippen molar-refractivity contribution in [2.45, 2.75) is 13.5 Å². The van der Waals surface area contributed by atoms with Crippen LogP contribution < -0.4 is 0 Å². The van der Waals surface area contributed by atoms with Gasteiger partial charge in [-0.25, -0.2) is 4.79 Å². The summed E-state index contributed by atoms with van der Waals surface area (Å²) in [5.41, 5.74) is 1.07. The number of hydrogen-bond acceptors (Lipinski definition) is 4. The van der Waals surface area contributed by atoms with E-state index in [1.807, 2.05) is 6.92 Å². The number of esters is 1. The van der Waals surface area contributed by atoms with Crippen molar-refractivity contribution in [1.82, 2.24) is 9.78 Å². The molecule has 1 heterocycles. The van der Waals surface area contributed by atoms with E-state index in [2.05, 4.69) is 9.84 Å². The molecule has 1 aromatic heterocycles. The van der Waals surface area contributed by atoms with E-state index in [9.17, 15) is 4.79 Å². The maximum Gasteiger partial charge on any atom is 0.341 e. The van der Waals surface area contributed by atoms with E-state index in [1.54, 1.807) is 17.9 Å². The zero-order valence-corrected chi connectivity index (χ0v) is 8.61. The number of nitrogens with zero attached hydrogens (tertiary/aromatic N) is 2. The van der Waals surface area contributed by atoms with Crippen LogP contribution in [0.4, 0.5) is 0 Å². The average Bonchev–Trinajstić information content (AvgIpc) is 2.55.